The lowest BCUT2D eigenvalue weighted by molar-refractivity contribution is 0.467. The van der Waals surface area contributed by atoms with Crippen LogP contribution in [0.1, 0.15) is 24.0 Å². The maximum Gasteiger partial charge on any atom is 0.118 e. The Morgan fingerprint density at radius 1 is 1.05 bits per heavy atom. The predicted molar refractivity (Wildman–Crippen MR) is 90.6 cm³/mol. The number of rotatable bonds is 8. The summed E-state index contributed by atoms with van der Waals surface area (Å²) in [4.78, 5) is 0.717. The van der Waals surface area contributed by atoms with Crippen LogP contribution in [0.25, 0.3) is 0 Å². The number of benzene rings is 1. The van der Waals surface area contributed by atoms with E-state index in [-0.39, 0.29) is 0 Å². The summed E-state index contributed by atoms with van der Waals surface area (Å²) >= 11 is 7.24. The highest BCUT2D eigenvalue weighted by atomic mass is 79.9. The van der Waals surface area contributed by atoms with E-state index in [0.29, 0.717) is 15.4 Å². The molecule has 2 atom stereocenters. The Morgan fingerprint density at radius 2 is 1.63 bits per heavy atom. The Labute approximate surface area is 132 Å². The molecular weight excluding hydrogens is 368 g/mol. The molecule has 0 amide bonds. The van der Waals surface area contributed by atoms with Gasteiger partial charge in [0.15, 0.2) is 0 Å². The van der Waals surface area contributed by atoms with Gasteiger partial charge in [0.1, 0.15) is 5.75 Å². The van der Waals surface area contributed by atoms with Crippen LogP contribution in [0.4, 0.5) is 0 Å². The molecule has 0 aromatic heterocycles. The molecule has 0 radical (unpaired) electrons. The van der Waals surface area contributed by atoms with Crippen LogP contribution in [0.15, 0.2) is 43.5 Å². The highest BCUT2D eigenvalue weighted by molar-refractivity contribution is 9.09. The third-order valence-corrected chi connectivity index (χ3v) is 4.28. The van der Waals surface area contributed by atoms with Crippen molar-refractivity contribution < 1.29 is 5.11 Å². The van der Waals surface area contributed by atoms with Gasteiger partial charge in [-0.2, -0.15) is 0 Å². The molecule has 1 nitrogen and oxygen atoms in total. The van der Waals surface area contributed by atoms with Crippen molar-refractivity contribution in [2.75, 3.05) is 0 Å². The van der Waals surface area contributed by atoms with E-state index in [1.54, 1.807) is 6.07 Å². The van der Waals surface area contributed by atoms with Gasteiger partial charge >= 0.3 is 0 Å². The van der Waals surface area contributed by atoms with E-state index in [1.165, 1.54) is 5.56 Å². The third-order valence-electron chi connectivity index (χ3n) is 2.89. The molecule has 1 N–H and O–H groups in total. The van der Waals surface area contributed by atoms with Crippen LogP contribution < -0.4 is 0 Å². The second-order valence-electron chi connectivity index (χ2n) is 4.61. The molecule has 1 aromatic rings. The van der Waals surface area contributed by atoms with Crippen LogP contribution >= 0.6 is 31.9 Å². The zero-order chi connectivity index (χ0) is 14.3. The van der Waals surface area contributed by atoms with E-state index in [0.717, 1.165) is 31.2 Å². The molecule has 0 saturated heterocycles. The van der Waals surface area contributed by atoms with Crippen molar-refractivity contribution in [2.45, 2.75) is 35.3 Å². The van der Waals surface area contributed by atoms with Gasteiger partial charge in [0, 0.05) is 9.65 Å². The molecule has 1 rings (SSSR count). The van der Waals surface area contributed by atoms with E-state index in [1.807, 2.05) is 18.2 Å². The number of aromatic hydroxyl groups is 1. The van der Waals surface area contributed by atoms with Crippen LogP contribution in [0, 0.1) is 0 Å². The summed E-state index contributed by atoms with van der Waals surface area (Å²) in [5, 5.41) is 9.92. The van der Waals surface area contributed by atoms with Crippen molar-refractivity contribution in [1.82, 2.24) is 0 Å². The lowest BCUT2D eigenvalue weighted by atomic mass is 10.0. The van der Waals surface area contributed by atoms with Crippen molar-refractivity contribution in [1.29, 1.82) is 0 Å². The minimum absolute atomic E-state index is 0.319. The van der Waals surface area contributed by atoms with Gasteiger partial charge in [0.25, 0.3) is 0 Å². The zero-order valence-electron chi connectivity index (χ0n) is 11.0. The largest absolute Gasteiger partial charge is 0.508 e. The lowest BCUT2D eigenvalue weighted by Gasteiger charge is -2.12. The first kappa shape index (κ1) is 16.5. The molecule has 1 aromatic carbocycles. The average Bonchev–Trinajstić information content (AvgIpc) is 2.34. The molecule has 0 bridgehead atoms. The van der Waals surface area contributed by atoms with Crippen LogP contribution in [-0.2, 0) is 12.8 Å². The number of allylic oxidation sites excluding steroid dienone is 2. The third kappa shape index (κ3) is 5.96. The van der Waals surface area contributed by atoms with Crippen molar-refractivity contribution in [3.05, 3.63) is 54.6 Å². The summed E-state index contributed by atoms with van der Waals surface area (Å²) in [5.41, 5.74) is 2.22. The van der Waals surface area contributed by atoms with Gasteiger partial charge in [-0.25, -0.2) is 0 Å². The van der Waals surface area contributed by atoms with Crippen LogP contribution in [0.2, 0.25) is 0 Å². The molecule has 0 aliphatic heterocycles. The molecule has 19 heavy (non-hydrogen) atoms. The monoisotopic (exact) mass is 386 g/mol. The summed E-state index contributed by atoms with van der Waals surface area (Å²) in [6, 6.07) is 5.85. The Kier molecular flexibility index (Phi) is 7.47. The second-order valence-corrected chi connectivity index (χ2v) is 7.20. The van der Waals surface area contributed by atoms with Gasteiger partial charge in [-0.15, -0.1) is 13.2 Å². The Balaban J connectivity index is 2.75. The van der Waals surface area contributed by atoms with Gasteiger partial charge in [-0.1, -0.05) is 56.1 Å². The van der Waals surface area contributed by atoms with Crippen molar-refractivity contribution in [3.63, 3.8) is 0 Å². The molecule has 0 spiro atoms. The minimum Gasteiger partial charge on any atom is -0.508 e. The van der Waals surface area contributed by atoms with Crippen LogP contribution in [0.3, 0.4) is 0 Å². The van der Waals surface area contributed by atoms with Crippen molar-refractivity contribution >= 4 is 31.9 Å². The maximum atomic E-state index is 9.92. The van der Waals surface area contributed by atoms with Gasteiger partial charge in [0.2, 0.25) is 0 Å². The molecule has 104 valence electrons. The molecule has 0 aliphatic carbocycles. The Bertz CT molecular complexity index is 429. The smallest absolute Gasteiger partial charge is 0.118 e. The SMILES string of the molecule is C=CCC(Br)Cc1ccc(O)c(CC(Br)CC=C)c1. The summed E-state index contributed by atoms with van der Waals surface area (Å²) in [7, 11) is 0. The summed E-state index contributed by atoms with van der Waals surface area (Å²) in [6.07, 6.45) is 7.38. The average molecular weight is 388 g/mol. The van der Waals surface area contributed by atoms with Gasteiger partial charge in [-0.3, -0.25) is 0 Å². The Hall–Kier alpha value is -0.540. The highest BCUT2D eigenvalue weighted by Gasteiger charge is 2.10. The van der Waals surface area contributed by atoms with Crippen LogP contribution in [0.5, 0.6) is 5.75 Å². The molecule has 0 aliphatic rings. The fourth-order valence-electron chi connectivity index (χ4n) is 1.95. The summed E-state index contributed by atoms with van der Waals surface area (Å²) < 4.78 is 0. The summed E-state index contributed by atoms with van der Waals surface area (Å²) in [5.74, 6) is 0.368. The topological polar surface area (TPSA) is 20.2 Å². The van der Waals surface area contributed by atoms with E-state index in [4.69, 9.17) is 0 Å². The van der Waals surface area contributed by atoms with E-state index >= 15 is 0 Å². The quantitative estimate of drug-likeness (QED) is 0.482. The number of alkyl halides is 2. The number of hydrogen-bond acceptors (Lipinski definition) is 1. The normalized spacial score (nSPS) is 13.8. The molecular formula is C16H20Br2O. The van der Waals surface area contributed by atoms with Gasteiger partial charge in [-0.05, 0) is 42.9 Å². The molecule has 0 saturated carbocycles. The number of hydrogen-bond donors (Lipinski definition) is 1. The minimum atomic E-state index is 0.319. The predicted octanol–water partition coefficient (Wildman–Crippen LogP) is 5.16. The maximum absolute atomic E-state index is 9.92. The highest BCUT2D eigenvalue weighted by Crippen LogP contribution is 2.25. The molecule has 2 unspecified atom stereocenters. The zero-order valence-corrected chi connectivity index (χ0v) is 14.2. The number of halogens is 2. The fourth-order valence-corrected chi connectivity index (χ4v) is 3.20. The van der Waals surface area contributed by atoms with E-state index < -0.39 is 0 Å². The van der Waals surface area contributed by atoms with Gasteiger partial charge < -0.3 is 5.11 Å². The van der Waals surface area contributed by atoms with Crippen LogP contribution in [-0.4, -0.2) is 14.8 Å². The standard InChI is InChI=1S/C16H20Br2O/c1-3-5-14(17)10-12-7-8-16(19)13(9-12)11-15(18)6-4-2/h3-4,7-9,14-15,19H,1-2,5-6,10-11H2. The van der Waals surface area contributed by atoms with E-state index in [9.17, 15) is 5.11 Å². The second kappa shape index (κ2) is 8.60. The Morgan fingerprint density at radius 3 is 2.21 bits per heavy atom. The first-order chi connectivity index (χ1) is 9.06. The number of phenolic OH excluding ortho intramolecular Hbond substituents is 1. The molecule has 0 fully saturated rings. The summed E-state index contributed by atoms with van der Waals surface area (Å²) in [6.45, 7) is 7.48. The molecule has 0 heterocycles. The van der Waals surface area contributed by atoms with Gasteiger partial charge in [0.05, 0.1) is 0 Å². The molecule has 3 heteroatoms. The van der Waals surface area contributed by atoms with E-state index in [2.05, 4.69) is 51.1 Å². The fraction of sp³-hybridized carbons (Fsp3) is 0.375. The lowest BCUT2D eigenvalue weighted by Crippen LogP contribution is -2.04. The number of phenols is 1. The first-order valence-electron chi connectivity index (χ1n) is 6.37. The first-order valence-corrected chi connectivity index (χ1v) is 8.20. The van der Waals surface area contributed by atoms with Crippen molar-refractivity contribution in [3.8, 4) is 5.75 Å². The van der Waals surface area contributed by atoms with Crippen molar-refractivity contribution in [2.24, 2.45) is 0 Å².